The fourth-order valence-electron chi connectivity index (χ4n) is 3.37. The molecule has 3 rings (SSSR count). The Morgan fingerprint density at radius 2 is 1.80 bits per heavy atom. The van der Waals surface area contributed by atoms with Crippen molar-refractivity contribution in [1.82, 2.24) is 10.2 Å². The van der Waals surface area contributed by atoms with Crippen molar-refractivity contribution in [3.05, 3.63) is 59.7 Å². The molecule has 2 aromatic rings. The van der Waals surface area contributed by atoms with Crippen LogP contribution >= 0.6 is 11.8 Å². The van der Waals surface area contributed by atoms with Gasteiger partial charge in [-0.1, -0.05) is 44.2 Å². The first-order valence-corrected chi connectivity index (χ1v) is 11.0. The van der Waals surface area contributed by atoms with Gasteiger partial charge in [0.15, 0.2) is 11.5 Å². The van der Waals surface area contributed by atoms with Crippen LogP contribution < -0.4 is 14.8 Å². The van der Waals surface area contributed by atoms with Gasteiger partial charge in [-0.2, -0.15) is 0 Å². The lowest BCUT2D eigenvalue weighted by Gasteiger charge is -2.29. The Morgan fingerprint density at radius 1 is 1.10 bits per heavy atom. The number of amides is 2. The summed E-state index contributed by atoms with van der Waals surface area (Å²) in [6, 6.07) is 14.3. The lowest BCUT2D eigenvalue weighted by Crippen LogP contribution is -2.48. The van der Waals surface area contributed by atoms with Gasteiger partial charge >= 0.3 is 0 Å². The molecule has 0 bridgehead atoms. The number of carbonyl (C=O) groups excluding carboxylic acids is 2. The van der Waals surface area contributed by atoms with Crippen LogP contribution in [0.3, 0.4) is 0 Å². The van der Waals surface area contributed by atoms with Gasteiger partial charge in [-0.05, 0) is 29.7 Å². The molecule has 0 aromatic heterocycles. The first-order valence-electron chi connectivity index (χ1n) is 9.95. The third kappa shape index (κ3) is 4.73. The summed E-state index contributed by atoms with van der Waals surface area (Å²) in [5.74, 6) is 1.58. The smallest absolute Gasteiger partial charge is 0.255 e. The summed E-state index contributed by atoms with van der Waals surface area (Å²) < 4.78 is 10.6. The van der Waals surface area contributed by atoms with E-state index in [4.69, 9.17) is 9.47 Å². The first-order chi connectivity index (χ1) is 14.5. The molecule has 1 saturated heterocycles. The molecule has 1 fully saturated rings. The number of hydrogen-bond donors (Lipinski definition) is 1. The standard InChI is InChI=1S/C23H28N2O4S/c1-15(2)13-24-21(26)18-14-30-23(16-8-6-5-7-9-16)25(18)22(27)17-10-11-19(28-3)20(12-17)29-4/h5-12,15,18,23H,13-14H2,1-4H3,(H,24,26). The van der Waals surface area contributed by atoms with Crippen LogP contribution in [0.1, 0.15) is 35.1 Å². The maximum Gasteiger partial charge on any atom is 0.255 e. The molecule has 2 amide bonds. The van der Waals surface area contributed by atoms with Gasteiger partial charge in [-0.3, -0.25) is 9.59 Å². The quantitative estimate of drug-likeness (QED) is 0.728. The highest BCUT2D eigenvalue weighted by Gasteiger charge is 2.42. The molecule has 6 nitrogen and oxygen atoms in total. The normalized spacial score (nSPS) is 18.4. The van der Waals surface area contributed by atoms with Crippen LogP contribution in [-0.2, 0) is 4.79 Å². The number of thioether (sulfide) groups is 1. The second-order valence-corrected chi connectivity index (χ2v) is 8.65. The highest BCUT2D eigenvalue weighted by Crippen LogP contribution is 2.42. The van der Waals surface area contributed by atoms with Crippen LogP contribution in [0.5, 0.6) is 11.5 Å². The fourth-order valence-corrected chi connectivity index (χ4v) is 4.80. The summed E-state index contributed by atoms with van der Waals surface area (Å²) in [6.45, 7) is 4.67. The van der Waals surface area contributed by atoms with E-state index < -0.39 is 6.04 Å². The van der Waals surface area contributed by atoms with Gasteiger partial charge in [0.1, 0.15) is 11.4 Å². The van der Waals surface area contributed by atoms with E-state index in [0.717, 1.165) is 5.56 Å². The molecule has 0 saturated carbocycles. The minimum atomic E-state index is -0.542. The summed E-state index contributed by atoms with van der Waals surface area (Å²) in [5, 5.41) is 2.75. The largest absolute Gasteiger partial charge is 0.493 e. The molecule has 0 radical (unpaired) electrons. The molecule has 0 spiro atoms. The van der Waals surface area contributed by atoms with Crippen molar-refractivity contribution in [1.29, 1.82) is 0 Å². The zero-order valence-corrected chi connectivity index (χ0v) is 18.6. The Hall–Kier alpha value is -2.67. The second kappa shape index (κ2) is 9.89. The van der Waals surface area contributed by atoms with E-state index in [0.29, 0.717) is 35.3 Å². The fraction of sp³-hybridized carbons (Fsp3) is 0.391. The molecule has 2 aromatic carbocycles. The van der Waals surface area contributed by atoms with E-state index in [9.17, 15) is 9.59 Å². The molecule has 30 heavy (non-hydrogen) atoms. The zero-order valence-electron chi connectivity index (χ0n) is 17.8. The summed E-state index contributed by atoms with van der Waals surface area (Å²) in [6.07, 6.45) is 0. The number of methoxy groups -OCH3 is 2. The third-order valence-electron chi connectivity index (χ3n) is 4.94. The average Bonchev–Trinajstić information content (AvgIpc) is 3.22. The van der Waals surface area contributed by atoms with Gasteiger partial charge in [-0.25, -0.2) is 0 Å². The van der Waals surface area contributed by atoms with Gasteiger partial charge in [0, 0.05) is 17.9 Å². The Bertz CT molecular complexity index is 888. The Kier molecular flexibility index (Phi) is 7.26. The predicted molar refractivity (Wildman–Crippen MR) is 119 cm³/mol. The van der Waals surface area contributed by atoms with Gasteiger partial charge in [-0.15, -0.1) is 11.8 Å². The molecule has 1 N–H and O–H groups in total. The van der Waals surface area contributed by atoms with E-state index in [2.05, 4.69) is 5.32 Å². The van der Waals surface area contributed by atoms with Crippen LogP contribution in [0.15, 0.2) is 48.5 Å². The Morgan fingerprint density at radius 3 is 2.43 bits per heavy atom. The van der Waals surface area contributed by atoms with Crippen LogP contribution in [-0.4, -0.2) is 49.3 Å². The van der Waals surface area contributed by atoms with Crippen molar-refractivity contribution in [2.75, 3.05) is 26.5 Å². The van der Waals surface area contributed by atoms with Crippen molar-refractivity contribution in [3.63, 3.8) is 0 Å². The monoisotopic (exact) mass is 428 g/mol. The minimum absolute atomic E-state index is 0.122. The lowest BCUT2D eigenvalue weighted by atomic mass is 10.1. The summed E-state index contributed by atoms with van der Waals surface area (Å²) in [7, 11) is 3.09. The van der Waals surface area contributed by atoms with Gasteiger partial charge in [0.2, 0.25) is 5.91 Å². The van der Waals surface area contributed by atoms with E-state index in [1.807, 2.05) is 44.2 Å². The van der Waals surface area contributed by atoms with Gasteiger partial charge in [0.25, 0.3) is 5.91 Å². The molecule has 7 heteroatoms. The summed E-state index contributed by atoms with van der Waals surface area (Å²) in [4.78, 5) is 28.2. The second-order valence-electron chi connectivity index (χ2n) is 7.53. The van der Waals surface area contributed by atoms with Gasteiger partial charge in [0.05, 0.1) is 14.2 Å². The molecular weight excluding hydrogens is 400 g/mol. The van der Waals surface area contributed by atoms with Crippen molar-refractivity contribution < 1.29 is 19.1 Å². The van der Waals surface area contributed by atoms with Crippen molar-refractivity contribution >= 4 is 23.6 Å². The van der Waals surface area contributed by atoms with Crippen molar-refractivity contribution in [2.45, 2.75) is 25.3 Å². The summed E-state index contributed by atoms with van der Waals surface area (Å²) in [5.41, 5.74) is 1.45. The average molecular weight is 429 g/mol. The third-order valence-corrected chi connectivity index (χ3v) is 6.26. The molecule has 1 aliphatic heterocycles. The minimum Gasteiger partial charge on any atom is -0.493 e. The van der Waals surface area contributed by atoms with E-state index in [1.54, 1.807) is 42.0 Å². The SMILES string of the molecule is COc1ccc(C(=O)N2C(C(=O)NCC(C)C)CSC2c2ccccc2)cc1OC. The molecule has 1 heterocycles. The maximum atomic E-state index is 13.6. The van der Waals surface area contributed by atoms with Crippen LogP contribution in [0.2, 0.25) is 0 Å². The maximum absolute atomic E-state index is 13.6. The highest BCUT2D eigenvalue weighted by atomic mass is 32.2. The number of hydrogen-bond acceptors (Lipinski definition) is 5. The molecule has 160 valence electrons. The van der Waals surface area contributed by atoms with Gasteiger partial charge < -0.3 is 19.7 Å². The van der Waals surface area contributed by atoms with Crippen LogP contribution in [0.4, 0.5) is 0 Å². The van der Waals surface area contributed by atoms with Crippen molar-refractivity contribution in [3.8, 4) is 11.5 Å². The number of nitrogens with one attached hydrogen (secondary N) is 1. The first kappa shape index (κ1) is 22.0. The molecule has 0 aliphatic carbocycles. The number of ether oxygens (including phenoxy) is 2. The lowest BCUT2D eigenvalue weighted by molar-refractivity contribution is -0.125. The molecule has 2 atom stereocenters. The van der Waals surface area contributed by atoms with E-state index >= 15 is 0 Å². The molecule has 2 unspecified atom stereocenters. The van der Waals surface area contributed by atoms with Crippen LogP contribution in [0.25, 0.3) is 0 Å². The zero-order chi connectivity index (χ0) is 21.7. The number of rotatable bonds is 7. The Balaban J connectivity index is 1.95. The van der Waals surface area contributed by atoms with E-state index in [1.165, 1.54) is 7.11 Å². The highest BCUT2D eigenvalue weighted by molar-refractivity contribution is 7.99. The molecular formula is C23H28N2O4S. The predicted octanol–water partition coefficient (Wildman–Crippen LogP) is 3.73. The molecule has 1 aliphatic rings. The number of carbonyl (C=O) groups is 2. The number of nitrogens with zero attached hydrogens (tertiary/aromatic N) is 1. The van der Waals surface area contributed by atoms with Crippen LogP contribution in [0, 0.1) is 5.92 Å². The topological polar surface area (TPSA) is 67.9 Å². The van der Waals surface area contributed by atoms with E-state index in [-0.39, 0.29) is 17.2 Å². The number of benzene rings is 2. The summed E-state index contributed by atoms with van der Waals surface area (Å²) >= 11 is 1.60. The van der Waals surface area contributed by atoms with Crippen molar-refractivity contribution in [2.24, 2.45) is 5.92 Å². The Labute approximate surface area is 181 Å².